The standard InChI is InChI=1S/C27H38N4O3/c1-19(2)25-15-23(16-26(32)29-8-9-31-10-12-34-13-11-31)20(3)14-24(25)18-30-27(33)22-6-4-21(17-28)5-7-22/h4-7,14,19,23-25H,8-13,15-16,18H2,1-3H3,(H,29,32)(H,30,33)/t23-,24-,25-/m0/s1. The van der Waals surface area contributed by atoms with E-state index in [2.05, 4.69) is 48.4 Å². The van der Waals surface area contributed by atoms with Gasteiger partial charge in [0.05, 0.1) is 24.8 Å². The molecule has 0 radical (unpaired) electrons. The number of nitrogens with zero attached hydrogens (tertiary/aromatic N) is 2. The van der Waals surface area contributed by atoms with Crippen molar-refractivity contribution in [3.63, 3.8) is 0 Å². The van der Waals surface area contributed by atoms with Gasteiger partial charge in [-0.15, -0.1) is 0 Å². The normalized spacial score (nSPS) is 23.1. The van der Waals surface area contributed by atoms with Gasteiger partial charge in [0.2, 0.25) is 5.91 Å². The average Bonchev–Trinajstić information content (AvgIpc) is 2.84. The van der Waals surface area contributed by atoms with Gasteiger partial charge in [-0.25, -0.2) is 0 Å². The van der Waals surface area contributed by atoms with Crippen LogP contribution in [0.15, 0.2) is 35.9 Å². The van der Waals surface area contributed by atoms with Crippen LogP contribution < -0.4 is 10.6 Å². The van der Waals surface area contributed by atoms with Crippen LogP contribution in [0.3, 0.4) is 0 Å². The Hall–Kier alpha value is -2.69. The first-order valence-electron chi connectivity index (χ1n) is 12.4. The van der Waals surface area contributed by atoms with Crippen LogP contribution >= 0.6 is 0 Å². The van der Waals surface area contributed by atoms with Crippen LogP contribution in [0.25, 0.3) is 0 Å². The molecular weight excluding hydrogens is 428 g/mol. The number of morpholine rings is 1. The van der Waals surface area contributed by atoms with E-state index in [1.165, 1.54) is 5.57 Å². The Balaban J connectivity index is 1.51. The zero-order valence-electron chi connectivity index (χ0n) is 20.7. The van der Waals surface area contributed by atoms with Crippen molar-refractivity contribution in [2.45, 2.75) is 33.6 Å². The SMILES string of the molecule is CC1=C[C@@H](CNC(=O)c2ccc(C#N)cc2)[C@H](C(C)C)C[C@H]1CC(=O)NCCN1CCOCC1. The zero-order chi connectivity index (χ0) is 24.5. The Morgan fingerprint density at radius 2 is 1.88 bits per heavy atom. The van der Waals surface area contributed by atoms with E-state index in [0.29, 0.717) is 42.5 Å². The maximum Gasteiger partial charge on any atom is 0.251 e. The zero-order valence-corrected chi connectivity index (χ0v) is 20.7. The predicted octanol–water partition coefficient (Wildman–Crippen LogP) is 2.98. The van der Waals surface area contributed by atoms with Crippen molar-refractivity contribution in [1.29, 1.82) is 5.26 Å². The average molecular weight is 467 g/mol. The molecule has 0 aromatic heterocycles. The summed E-state index contributed by atoms with van der Waals surface area (Å²) in [4.78, 5) is 27.5. The molecule has 2 amide bonds. The molecule has 2 N–H and O–H groups in total. The summed E-state index contributed by atoms with van der Waals surface area (Å²) in [5.41, 5.74) is 2.33. The van der Waals surface area contributed by atoms with Gasteiger partial charge in [-0.05, 0) is 61.3 Å². The summed E-state index contributed by atoms with van der Waals surface area (Å²) in [6.07, 6.45) is 3.73. The molecule has 0 spiro atoms. The number of carbonyl (C=O) groups excluding carboxylic acids is 2. The Morgan fingerprint density at radius 1 is 1.18 bits per heavy atom. The molecule has 7 heteroatoms. The van der Waals surface area contributed by atoms with E-state index in [-0.39, 0.29) is 23.7 Å². The number of ether oxygens (including phenoxy) is 1. The topological polar surface area (TPSA) is 94.5 Å². The quantitative estimate of drug-likeness (QED) is 0.546. The maximum atomic E-state index is 12.6. The molecule has 184 valence electrons. The van der Waals surface area contributed by atoms with Crippen molar-refractivity contribution in [2.75, 3.05) is 45.9 Å². The second kappa shape index (κ2) is 12.7. The molecule has 0 bridgehead atoms. The number of hydrogen-bond donors (Lipinski definition) is 2. The second-order valence-electron chi connectivity index (χ2n) is 9.82. The highest BCUT2D eigenvalue weighted by atomic mass is 16.5. The third kappa shape index (κ3) is 7.41. The third-order valence-corrected chi connectivity index (χ3v) is 7.14. The molecule has 1 aromatic rings. The molecule has 0 saturated carbocycles. The van der Waals surface area contributed by atoms with E-state index in [1.54, 1.807) is 24.3 Å². The van der Waals surface area contributed by atoms with Gasteiger partial charge in [0, 0.05) is 44.7 Å². The van der Waals surface area contributed by atoms with Crippen LogP contribution in [-0.4, -0.2) is 62.7 Å². The fourth-order valence-electron chi connectivity index (χ4n) is 4.99. The van der Waals surface area contributed by atoms with Crippen LogP contribution in [0.4, 0.5) is 0 Å². The van der Waals surface area contributed by atoms with Crippen molar-refractivity contribution in [2.24, 2.45) is 23.7 Å². The molecule has 0 unspecified atom stereocenters. The predicted molar refractivity (Wildman–Crippen MR) is 132 cm³/mol. The smallest absolute Gasteiger partial charge is 0.251 e. The van der Waals surface area contributed by atoms with E-state index in [0.717, 1.165) is 39.3 Å². The first-order valence-corrected chi connectivity index (χ1v) is 12.4. The van der Waals surface area contributed by atoms with E-state index in [9.17, 15) is 9.59 Å². The summed E-state index contributed by atoms with van der Waals surface area (Å²) in [7, 11) is 0. The Bertz CT molecular complexity index is 897. The number of carbonyl (C=O) groups is 2. The molecule has 1 aliphatic carbocycles. The molecule has 1 heterocycles. The van der Waals surface area contributed by atoms with Gasteiger partial charge in [0.1, 0.15) is 0 Å². The van der Waals surface area contributed by atoms with Crippen LogP contribution in [0.1, 0.15) is 49.5 Å². The monoisotopic (exact) mass is 466 g/mol. The molecule has 2 aliphatic rings. The molecule has 34 heavy (non-hydrogen) atoms. The number of amides is 2. The summed E-state index contributed by atoms with van der Waals surface area (Å²) in [5, 5.41) is 15.1. The third-order valence-electron chi connectivity index (χ3n) is 7.14. The highest BCUT2D eigenvalue weighted by molar-refractivity contribution is 5.94. The molecule has 1 aromatic carbocycles. The summed E-state index contributed by atoms with van der Waals surface area (Å²) < 4.78 is 5.37. The summed E-state index contributed by atoms with van der Waals surface area (Å²) in [6, 6.07) is 8.76. The fourth-order valence-corrected chi connectivity index (χ4v) is 4.99. The maximum absolute atomic E-state index is 12.6. The minimum Gasteiger partial charge on any atom is -0.379 e. The summed E-state index contributed by atoms with van der Waals surface area (Å²) >= 11 is 0. The Kier molecular flexibility index (Phi) is 9.67. The van der Waals surface area contributed by atoms with Gasteiger partial charge in [-0.2, -0.15) is 5.26 Å². The van der Waals surface area contributed by atoms with Crippen molar-refractivity contribution in [1.82, 2.24) is 15.5 Å². The lowest BCUT2D eigenvalue weighted by molar-refractivity contribution is -0.122. The Morgan fingerprint density at radius 3 is 2.53 bits per heavy atom. The van der Waals surface area contributed by atoms with Crippen LogP contribution in [-0.2, 0) is 9.53 Å². The van der Waals surface area contributed by atoms with Crippen molar-refractivity contribution in [3.8, 4) is 6.07 Å². The van der Waals surface area contributed by atoms with Gasteiger partial charge in [0.15, 0.2) is 0 Å². The Labute approximate surface area is 203 Å². The van der Waals surface area contributed by atoms with E-state index in [4.69, 9.17) is 10.00 Å². The van der Waals surface area contributed by atoms with Crippen LogP contribution in [0, 0.1) is 35.0 Å². The lowest BCUT2D eigenvalue weighted by atomic mass is 9.69. The van der Waals surface area contributed by atoms with Crippen LogP contribution in [0.2, 0.25) is 0 Å². The number of nitriles is 1. The first-order chi connectivity index (χ1) is 16.4. The highest BCUT2D eigenvalue weighted by Gasteiger charge is 2.32. The number of rotatable bonds is 9. The number of nitrogens with one attached hydrogen (secondary N) is 2. The van der Waals surface area contributed by atoms with Crippen molar-refractivity contribution >= 4 is 11.8 Å². The minimum atomic E-state index is -0.125. The van der Waals surface area contributed by atoms with E-state index in [1.807, 2.05) is 0 Å². The molecule has 1 fully saturated rings. The molecule has 3 atom stereocenters. The number of allylic oxidation sites excluding steroid dienone is 1. The highest BCUT2D eigenvalue weighted by Crippen LogP contribution is 2.38. The summed E-state index contributed by atoms with van der Waals surface area (Å²) in [5.74, 6) is 1.31. The van der Waals surface area contributed by atoms with Gasteiger partial charge in [0.25, 0.3) is 5.91 Å². The summed E-state index contributed by atoms with van der Waals surface area (Å²) in [6.45, 7) is 12.0. The molecule has 7 nitrogen and oxygen atoms in total. The number of benzene rings is 1. The molecule has 1 saturated heterocycles. The van der Waals surface area contributed by atoms with Gasteiger partial charge < -0.3 is 15.4 Å². The first kappa shape index (κ1) is 25.9. The van der Waals surface area contributed by atoms with Crippen LogP contribution in [0.5, 0.6) is 0 Å². The van der Waals surface area contributed by atoms with Crippen molar-refractivity contribution in [3.05, 3.63) is 47.0 Å². The molecule has 3 rings (SSSR count). The minimum absolute atomic E-state index is 0.112. The lowest BCUT2D eigenvalue weighted by Crippen LogP contribution is -2.42. The lowest BCUT2D eigenvalue weighted by Gasteiger charge is -2.37. The van der Waals surface area contributed by atoms with Crippen molar-refractivity contribution < 1.29 is 14.3 Å². The number of hydrogen-bond acceptors (Lipinski definition) is 5. The second-order valence-corrected chi connectivity index (χ2v) is 9.82. The van der Waals surface area contributed by atoms with Gasteiger partial charge in [-0.1, -0.05) is 25.5 Å². The molecular formula is C27H38N4O3. The fraction of sp³-hybridized carbons (Fsp3) is 0.593. The van der Waals surface area contributed by atoms with E-state index >= 15 is 0 Å². The largest absolute Gasteiger partial charge is 0.379 e. The van der Waals surface area contributed by atoms with Gasteiger partial charge >= 0.3 is 0 Å². The van der Waals surface area contributed by atoms with Gasteiger partial charge in [-0.3, -0.25) is 14.5 Å². The van der Waals surface area contributed by atoms with E-state index < -0.39 is 0 Å². The molecule has 1 aliphatic heterocycles.